The highest BCUT2D eigenvalue weighted by Crippen LogP contribution is 2.77. The molecular formula is C44H71N3O5. The van der Waals surface area contributed by atoms with Crippen molar-refractivity contribution >= 4 is 23.7 Å². The van der Waals surface area contributed by atoms with Gasteiger partial charge in [-0.25, -0.2) is 0 Å². The number of carbonyl (C=O) groups is 4. The molecule has 3 amide bonds. The quantitative estimate of drug-likeness (QED) is 0.132. The number of hydrazine groups is 1. The van der Waals surface area contributed by atoms with Gasteiger partial charge in [0.2, 0.25) is 17.7 Å². The van der Waals surface area contributed by atoms with Crippen LogP contribution in [0.4, 0.5) is 0 Å². The van der Waals surface area contributed by atoms with Gasteiger partial charge in [0, 0.05) is 24.8 Å². The number of ether oxygens (including phenoxy) is 1. The highest BCUT2D eigenvalue weighted by atomic mass is 16.5. The maximum absolute atomic E-state index is 14.6. The molecule has 8 nitrogen and oxygen atoms in total. The third-order valence-corrected chi connectivity index (χ3v) is 17.6. The van der Waals surface area contributed by atoms with Crippen LogP contribution in [0.15, 0.2) is 12.3 Å². The van der Waals surface area contributed by atoms with Crippen LogP contribution in [0.25, 0.3) is 0 Å². The summed E-state index contributed by atoms with van der Waals surface area (Å²) in [6.45, 7) is 26.4. The fraction of sp³-hybridized carbons (Fsp3) is 0.864. The zero-order chi connectivity index (χ0) is 38.2. The summed E-state index contributed by atoms with van der Waals surface area (Å²) in [6, 6.07) is -0.0596. The number of allylic oxidation sites excluding steroid dienone is 1. The molecule has 6 aliphatic carbocycles. The molecular weight excluding hydrogens is 650 g/mol. The molecule has 8 heteroatoms. The van der Waals surface area contributed by atoms with Gasteiger partial charge in [-0.1, -0.05) is 75.3 Å². The smallest absolute Gasteiger partial charge is 0.311 e. The summed E-state index contributed by atoms with van der Waals surface area (Å²) >= 11 is 0. The zero-order valence-electron chi connectivity index (χ0n) is 34.3. The number of fused-ring (bicyclic) bond motifs is 7. The number of hydrogen-bond acceptors (Lipinski definition) is 5. The Morgan fingerprint density at radius 2 is 1.48 bits per heavy atom. The molecule has 292 valence electrons. The molecule has 0 aromatic rings. The van der Waals surface area contributed by atoms with Gasteiger partial charge in [-0.2, -0.15) is 0 Å². The van der Waals surface area contributed by atoms with Crippen LogP contribution >= 0.6 is 0 Å². The van der Waals surface area contributed by atoms with E-state index in [0.29, 0.717) is 54.6 Å². The number of carbonyl (C=O) groups excluding carboxylic acids is 4. The van der Waals surface area contributed by atoms with Crippen LogP contribution in [0.1, 0.15) is 159 Å². The Morgan fingerprint density at radius 1 is 0.769 bits per heavy atom. The Labute approximate surface area is 314 Å². The van der Waals surface area contributed by atoms with Crippen LogP contribution in [-0.2, 0) is 23.9 Å². The van der Waals surface area contributed by atoms with E-state index in [2.05, 4.69) is 71.2 Å². The number of rotatable bonds is 8. The molecule has 0 aromatic carbocycles. The minimum atomic E-state index is -0.395. The molecule has 3 N–H and O–H groups in total. The highest BCUT2D eigenvalue weighted by Gasteiger charge is 2.71. The second-order valence-electron chi connectivity index (χ2n) is 21.0. The van der Waals surface area contributed by atoms with Gasteiger partial charge >= 0.3 is 5.97 Å². The first-order chi connectivity index (χ1) is 24.1. The summed E-state index contributed by atoms with van der Waals surface area (Å²) in [7, 11) is 0. The molecule has 6 aliphatic rings. The Morgan fingerprint density at radius 3 is 2.13 bits per heavy atom. The molecule has 6 fully saturated rings. The summed E-state index contributed by atoms with van der Waals surface area (Å²) in [4.78, 5) is 52.6. The van der Waals surface area contributed by atoms with Gasteiger partial charge in [0.05, 0.1) is 11.2 Å². The lowest BCUT2D eigenvalue weighted by Crippen LogP contribution is -2.68. The summed E-state index contributed by atoms with van der Waals surface area (Å²) in [5.41, 5.74) is 5.21. The van der Waals surface area contributed by atoms with Crippen molar-refractivity contribution in [2.24, 2.45) is 73.9 Å². The average Bonchev–Trinajstić information content (AvgIpc) is 3.48. The minimum Gasteiger partial charge on any atom is -0.432 e. The summed E-state index contributed by atoms with van der Waals surface area (Å²) < 4.78 is 5.43. The van der Waals surface area contributed by atoms with Crippen LogP contribution in [0.3, 0.4) is 0 Å². The van der Waals surface area contributed by atoms with Crippen molar-refractivity contribution in [3.8, 4) is 0 Å². The lowest BCUT2D eigenvalue weighted by molar-refractivity contribution is -0.240. The largest absolute Gasteiger partial charge is 0.432 e. The number of hydrogen-bond donors (Lipinski definition) is 3. The van der Waals surface area contributed by atoms with Crippen LogP contribution in [0.2, 0.25) is 0 Å². The molecule has 0 bridgehead atoms. The van der Waals surface area contributed by atoms with Crippen molar-refractivity contribution in [3.05, 3.63) is 12.3 Å². The fourth-order valence-electron chi connectivity index (χ4n) is 14.4. The molecule has 0 radical (unpaired) electrons. The van der Waals surface area contributed by atoms with E-state index in [1.165, 1.54) is 32.1 Å². The highest BCUT2D eigenvalue weighted by molar-refractivity contribution is 5.87. The van der Waals surface area contributed by atoms with E-state index in [-0.39, 0.29) is 68.6 Å². The summed E-state index contributed by atoms with van der Waals surface area (Å²) in [5.74, 6) is 2.64. The SMILES string of the molecule is C=C(C)OC(=O)C[C@@H]1CC[C@]2(C)[C@H](CC[C@]3(C)[C@@H]2CC[C@@H]2[C@H]4CCC[C@]4(C(=O)N[C@@H]4C[C@H](C(=O)NNC(=O)CC(C)C)C4(C)C)CC[C@]23C)C1(C)C. The number of esters is 1. The number of amides is 3. The van der Waals surface area contributed by atoms with Crippen molar-refractivity contribution < 1.29 is 23.9 Å². The monoisotopic (exact) mass is 722 g/mol. The van der Waals surface area contributed by atoms with Crippen molar-refractivity contribution in [1.29, 1.82) is 0 Å². The van der Waals surface area contributed by atoms with Gasteiger partial charge in [0.25, 0.3) is 0 Å². The zero-order valence-corrected chi connectivity index (χ0v) is 34.3. The van der Waals surface area contributed by atoms with Crippen molar-refractivity contribution in [2.75, 3.05) is 0 Å². The minimum absolute atomic E-state index is 0.0577. The Hall–Kier alpha value is -2.38. The maximum atomic E-state index is 14.6. The standard InChI is InChI=1S/C44H71N3O5/c1-26(2)23-35(48)46-47-37(50)31-25-34(40(31,7)8)45-38(51)44-18-12-13-30(44)29-14-15-33-41(9)19-16-28(24-36(49)52-27(3)4)39(5,6)32(41)17-20-43(33,11)42(29,10)21-22-44/h26,28-34H,3,12-25H2,1-2,4-11H3,(H,45,51)(H,46,48)(H,47,50)/t28-,29+,30+,31+,32+,33+,34+,41+,42+,43+,44-/m0/s1. The molecule has 0 saturated heterocycles. The molecule has 52 heavy (non-hydrogen) atoms. The van der Waals surface area contributed by atoms with E-state index in [0.717, 1.165) is 38.5 Å². The molecule has 0 unspecified atom stereocenters. The molecule has 0 aliphatic heterocycles. The molecule has 11 atom stereocenters. The normalized spacial score (nSPS) is 42.6. The van der Waals surface area contributed by atoms with Gasteiger partial charge in [-0.3, -0.25) is 30.0 Å². The first-order valence-electron chi connectivity index (χ1n) is 20.9. The van der Waals surface area contributed by atoms with Gasteiger partial charge in [0.15, 0.2) is 0 Å². The second-order valence-corrected chi connectivity index (χ2v) is 21.0. The predicted octanol–water partition coefficient (Wildman–Crippen LogP) is 8.65. The Kier molecular flexibility index (Phi) is 10.2. The topological polar surface area (TPSA) is 114 Å². The lowest BCUT2D eigenvalue weighted by atomic mass is 9.32. The van der Waals surface area contributed by atoms with Crippen molar-refractivity contribution in [3.63, 3.8) is 0 Å². The van der Waals surface area contributed by atoms with E-state index in [1.807, 2.05) is 13.8 Å². The van der Waals surface area contributed by atoms with Gasteiger partial charge in [-0.15, -0.1) is 0 Å². The Bertz CT molecular complexity index is 1470. The average molecular weight is 722 g/mol. The third kappa shape index (κ3) is 6.07. The van der Waals surface area contributed by atoms with Crippen molar-refractivity contribution in [2.45, 2.75) is 165 Å². The first-order valence-corrected chi connectivity index (χ1v) is 20.9. The molecule has 0 heterocycles. The summed E-state index contributed by atoms with van der Waals surface area (Å²) in [6.07, 6.45) is 13.8. The van der Waals surface area contributed by atoms with Gasteiger partial charge in [0.1, 0.15) is 0 Å². The second kappa shape index (κ2) is 13.4. The maximum Gasteiger partial charge on any atom is 0.311 e. The van der Waals surface area contributed by atoms with E-state index in [1.54, 1.807) is 6.92 Å². The van der Waals surface area contributed by atoms with Crippen LogP contribution in [0.5, 0.6) is 0 Å². The molecule has 6 rings (SSSR count). The van der Waals surface area contributed by atoms with Gasteiger partial charge < -0.3 is 10.1 Å². The van der Waals surface area contributed by atoms with E-state index >= 15 is 0 Å². The summed E-state index contributed by atoms with van der Waals surface area (Å²) in [5, 5.41) is 3.52. The van der Waals surface area contributed by atoms with Crippen LogP contribution in [0, 0.1) is 73.9 Å². The first kappa shape index (κ1) is 39.3. The predicted molar refractivity (Wildman–Crippen MR) is 204 cm³/mol. The lowest BCUT2D eigenvalue weighted by Gasteiger charge is -2.73. The van der Waals surface area contributed by atoms with Crippen molar-refractivity contribution in [1.82, 2.24) is 16.2 Å². The molecule has 0 spiro atoms. The molecule has 6 saturated carbocycles. The third-order valence-electron chi connectivity index (χ3n) is 17.6. The fourth-order valence-corrected chi connectivity index (χ4v) is 14.4. The van der Waals surface area contributed by atoms with E-state index < -0.39 is 5.41 Å². The number of nitrogens with one attached hydrogen (secondary N) is 3. The van der Waals surface area contributed by atoms with E-state index in [9.17, 15) is 19.2 Å². The van der Waals surface area contributed by atoms with E-state index in [4.69, 9.17) is 4.74 Å². The Balaban J connectivity index is 1.14. The van der Waals surface area contributed by atoms with Crippen LogP contribution in [-0.4, -0.2) is 29.7 Å². The molecule has 0 aromatic heterocycles. The van der Waals surface area contributed by atoms with Gasteiger partial charge in [-0.05, 0) is 140 Å². The van der Waals surface area contributed by atoms with Crippen LogP contribution < -0.4 is 16.2 Å².